The molecule has 78 valence electrons. The second-order valence-corrected chi connectivity index (χ2v) is 3.12. The molecule has 0 spiro atoms. The number of rotatable bonds is 2. The third kappa shape index (κ3) is 1.74. The molecule has 0 radical (unpaired) electrons. The highest BCUT2D eigenvalue weighted by Crippen LogP contribution is 2.26. The van der Waals surface area contributed by atoms with Crippen LogP contribution in [-0.4, -0.2) is 29.0 Å². The topological polar surface area (TPSA) is 87.8 Å². The van der Waals surface area contributed by atoms with Crippen molar-refractivity contribution in [3.8, 4) is 5.75 Å². The van der Waals surface area contributed by atoms with Crippen LogP contribution in [0.25, 0.3) is 0 Å². The van der Waals surface area contributed by atoms with E-state index >= 15 is 0 Å². The summed E-state index contributed by atoms with van der Waals surface area (Å²) >= 11 is 0. The zero-order valence-electron chi connectivity index (χ0n) is 7.80. The minimum atomic E-state index is -0.617. The summed E-state index contributed by atoms with van der Waals surface area (Å²) in [4.78, 5) is 14.1. The molecule has 1 aliphatic heterocycles. The van der Waals surface area contributed by atoms with E-state index in [0.29, 0.717) is 17.9 Å². The Morgan fingerprint density at radius 2 is 2.33 bits per heavy atom. The number of nitro groups is 1. The van der Waals surface area contributed by atoms with Gasteiger partial charge in [-0.15, -0.1) is 0 Å². The predicted octanol–water partition coefficient (Wildman–Crippen LogP) is 0.650. The Bertz CT molecular complexity index is 442. The Hall–Kier alpha value is -2.11. The van der Waals surface area contributed by atoms with Crippen molar-refractivity contribution >= 4 is 11.5 Å². The van der Waals surface area contributed by atoms with Crippen molar-refractivity contribution in [2.75, 3.05) is 13.1 Å². The Labute approximate surface area is 85.4 Å². The number of hydrogen-bond donors (Lipinski definition) is 2. The zero-order valence-corrected chi connectivity index (χ0v) is 7.80. The molecule has 6 heteroatoms. The molecule has 1 aliphatic rings. The second kappa shape index (κ2) is 3.56. The highest BCUT2D eigenvalue weighted by molar-refractivity contribution is 6.00. The third-order valence-corrected chi connectivity index (χ3v) is 2.12. The van der Waals surface area contributed by atoms with Crippen molar-refractivity contribution in [2.45, 2.75) is 0 Å². The van der Waals surface area contributed by atoms with Gasteiger partial charge >= 0.3 is 5.69 Å². The molecule has 0 fully saturated rings. The van der Waals surface area contributed by atoms with Crippen molar-refractivity contribution in [1.29, 1.82) is 0 Å². The molecule has 6 nitrogen and oxygen atoms in total. The molecule has 0 aliphatic carbocycles. The smallest absolute Gasteiger partial charge is 0.311 e. The number of nitrogens with zero attached hydrogens (tertiary/aromatic N) is 2. The van der Waals surface area contributed by atoms with Crippen LogP contribution in [0.1, 0.15) is 5.56 Å². The molecule has 0 atom stereocenters. The Morgan fingerprint density at radius 3 is 2.93 bits per heavy atom. The zero-order chi connectivity index (χ0) is 10.8. The van der Waals surface area contributed by atoms with Crippen LogP contribution in [0.3, 0.4) is 0 Å². The average Bonchev–Trinajstić information content (AvgIpc) is 2.71. The van der Waals surface area contributed by atoms with Gasteiger partial charge in [0.1, 0.15) is 5.84 Å². The van der Waals surface area contributed by atoms with Crippen LogP contribution in [0, 0.1) is 10.1 Å². The van der Waals surface area contributed by atoms with Gasteiger partial charge in [0.25, 0.3) is 0 Å². The Balaban J connectivity index is 2.42. The molecule has 2 N–H and O–H groups in total. The maximum Gasteiger partial charge on any atom is 0.311 e. The largest absolute Gasteiger partial charge is 0.502 e. The third-order valence-electron chi connectivity index (χ3n) is 2.12. The minimum absolute atomic E-state index is 0.302. The monoisotopic (exact) mass is 207 g/mol. The lowest BCUT2D eigenvalue weighted by atomic mass is 10.1. The summed E-state index contributed by atoms with van der Waals surface area (Å²) in [6.07, 6.45) is 0. The summed E-state index contributed by atoms with van der Waals surface area (Å²) in [6.45, 7) is 1.41. The van der Waals surface area contributed by atoms with Crippen LogP contribution < -0.4 is 5.32 Å². The number of aliphatic imine (C=N–C) groups is 1. The van der Waals surface area contributed by atoms with E-state index in [0.717, 1.165) is 6.54 Å². The van der Waals surface area contributed by atoms with Crippen LogP contribution in [0.5, 0.6) is 5.75 Å². The van der Waals surface area contributed by atoms with E-state index in [9.17, 15) is 15.2 Å². The molecule has 0 saturated carbocycles. The highest BCUT2D eigenvalue weighted by atomic mass is 16.6. The van der Waals surface area contributed by atoms with E-state index in [2.05, 4.69) is 10.3 Å². The van der Waals surface area contributed by atoms with Crippen molar-refractivity contribution < 1.29 is 10.0 Å². The first-order valence-electron chi connectivity index (χ1n) is 4.44. The van der Waals surface area contributed by atoms with Gasteiger partial charge in [-0.2, -0.15) is 0 Å². The number of nitro benzene ring substituents is 1. The van der Waals surface area contributed by atoms with Gasteiger partial charge in [0.2, 0.25) is 0 Å². The first-order valence-corrected chi connectivity index (χ1v) is 4.44. The van der Waals surface area contributed by atoms with Crippen molar-refractivity contribution in [1.82, 2.24) is 5.32 Å². The number of aromatic hydroxyl groups is 1. The van der Waals surface area contributed by atoms with E-state index in [1.165, 1.54) is 12.1 Å². The molecule has 0 unspecified atom stereocenters. The number of phenols is 1. The van der Waals surface area contributed by atoms with Gasteiger partial charge in [-0.3, -0.25) is 15.1 Å². The van der Waals surface area contributed by atoms with Crippen LogP contribution in [0.2, 0.25) is 0 Å². The molecular formula is C9H9N3O3. The van der Waals surface area contributed by atoms with Gasteiger partial charge in [-0.25, -0.2) is 0 Å². The SMILES string of the molecule is O=[N+]([O-])c1cc(C2=NCCN2)ccc1O. The van der Waals surface area contributed by atoms with Crippen molar-refractivity contribution in [2.24, 2.45) is 4.99 Å². The maximum atomic E-state index is 10.6. The average molecular weight is 207 g/mol. The van der Waals surface area contributed by atoms with E-state index in [1.54, 1.807) is 6.07 Å². The summed E-state index contributed by atoms with van der Waals surface area (Å²) in [5, 5.41) is 22.8. The maximum absolute atomic E-state index is 10.6. The first-order chi connectivity index (χ1) is 7.18. The quantitative estimate of drug-likeness (QED) is 0.550. The van der Waals surface area contributed by atoms with Crippen LogP contribution >= 0.6 is 0 Å². The Morgan fingerprint density at radius 1 is 1.53 bits per heavy atom. The van der Waals surface area contributed by atoms with Gasteiger partial charge in [0.15, 0.2) is 5.75 Å². The molecule has 1 aromatic rings. The fraction of sp³-hybridized carbons (Fsp3) is 0.222. The van der Waals surface area contributed by atoms with E-state index < -0.39 is 4.92 Å². The van der Waals surface area contributed by atoms with Gasteiger partial charge in [-0.1, -0.05) is 0 Å². The first kappa shape index (κ1) is 9.45. The predicted molar refractivity (Wildman–Crippen MR) is 54.2 cm³/mol. The summed E-state index contributed by atoms with van der Waals surface area (Å²) < 4.78 is 0. The number of nitrogens with one attached hydrogen (secondary N) is 1. The molecule has 0 bridgehead atoms. The van der Waals surface area contributed by atoms with E-state index in [-0.39, 0.29) is 11.4 Å². The lowest BCUT2D eigenvalue weighted by molar-refractivity contribution is -0.385. The van der Waals surface area contributed by atoms with E-state index in [4.69, 9.17) is 0 Å². The molecule has 1 heterocycles. The molecule has 2 rings (SSSR count). The number of amidine groups is 1. The fourth-order valence-corrected chi connectivity index (χ4v) is 1.41. The fourth-order valence-electron chi connectivity index (χ4n) is 1.41. The standard InChI is InChI=1S/C9H9N3O3/c13-8-2-1-6(5-7(8)12(14)15)9-10-3-4-11-9/h1-2,5,13H,3-4H2,(H,10,11). The lowest BCUT2D eigenvalue weighted by Crippen LogP contribution is -2.19. The van der Waals surface area contributed by atoms with Crippen LogP contribution in [0.4, 0.5) is 5.69 Å². The molecular weight excluding hydrogens is 198 g/mol. The summed E-state index contributed by atoms with van der Waals surface area (Å²) in [5.74, 6) is 0.306. The molecule has 0 amide bonds. The second-order valence-electron chi connectivity index (χ2n) is 3.12. The summed E-state index contributed by atoms with van der Waals surface area (Å²) in [5.41, 5.74) is 0.320. The van der Waals surface area contributed by atoms with E-state index in [1.807, 2.05) is 0 Å². The van der Waals surface area contributed by atoms with Gasteiger partial charge in [-0.05, 0) is 12.1 Å². The van der Waals surface area contributed by atoms with Crippen LogP contribution in [0.15, 0.2) is 23.2 Å². The number of benzene rings is 1. The molecule has 0 aromatic heterocycles. The van der Waals surface area contributed by atoms with Crippen molar-refractivity contribution in [3.05, 3.63) is 33.9 Å². The minimum Gasteiger partial charge on any atom is -0.502 e. The lowest BCUT2D eigenvalue weighted by Gasteiger charge is -2.02. The van der Waals surface area contributed by atoms with Crippen molar-refractivity contribution in [3.63, 3.8) is 0 Å². The normalized spacial score (nSPS) is 14.5. The van der Waals surface area contributed by atoms with Gasteiger partial charge in [0.05, 0.1) is 11.5 Å². The van der Waals surface area contributed by atoms with Crippen LogP contribution in [-0.2, 0) is 0 Å². The highest BCUT2D eigenvalue weighted by Gasteiger charge is 2.16. The number of hydrogen-bond acceptors (Lipinski definition) is 5. The summed E-state index contributed by atoms with van der Waals surface area (Å²) in [6, 6.07) is 4.21. The number of phenolic OH excluding ortho intramolecular Hbond substituents is 1. The Kier molecular flexibility index (Phi) is 2.24. The van der Waals surface area contributed by atoms with Gasteiger partial charge < -0.3 is 10.4 Å². The molecule has 1 aromatic carbocycles. The van der Waals surface area contributed by atoms with Gasteiger partial charge in [0, 0.05) is 18.2 Å². The molecule has 15 heavy (non-hydrogen) atoms. The molecule has 0 saturated heterocycles. The summed E-state index contributed by atoms with van der Waals surface area (Å²) in [7, 11) is 0.